The number of rotatable bonds is 5. The third kappa shape index (κ3) is 4.22. The van der Waals surface area contributed by atoms with Crippen molar-refractivity contribution in [3.63, 3.8) is 0 Å². The number of piperidine rings is 1. The zero-order chi connectivity index (χ0) is 23.2. The monoisotopic (exact) mass is 495 g/mol. The van der Waals surface area contributed by atoms with Crippen LogP contribution < -0.4 is 14.8 Å². The molecule has 1 fully saturated rings. The van der Waals surface area contributed by atoms with E-state index in [0.29, 0.717) is 18.0 Å². The number of nitrogens with one attached hydrogen (secondary N) is 2. The Morgan fingerprint density at radius 1 is 1.03 bits per heavy atom. The summed E-state index contributed by atoms with van der Waals surface area (Å²) in [5, 5.41) is 5.28. The van der Waals surface area contributed by atoms with Crippen LogP contribution in [0.25, 0.3) is 10.9 Å². The zero-order valence-corrected chi connectivity index (χ0v) is 21.9. The van der Waals surface area contributed by atoms with Crippen LogP contribution in [0.2, 0.25) is 0 Å². The van der Waals surface area contributed by atoms with Gasteiger partial charge in [-0.3, -0.25) is 4.90 Å². The van der Waals surface area contributed by atoms with E-state index in [1.54, 1.807) is 19.8 Å². The van der Waals surface area contributed by atoms with E-state index in [1.807, 2.05) is 0 Å². The predicted molar refractivity (Wildman–Crippen MR) is 144 cm³/mol. The van der Waals surface area contributed by atoms with E-state index in [-0.39, 0.29) is 12.4 Å². The van der Waals surface area contributed by atoms with E-state index < -0.39 is 0 Å². The van der Waals surface area contributed by atoms with Crippen LogP contribution in [0.4, 0.5) is 0 Å². The molecule has 0 saturated carbocycles. The third-order valence-corrected chi connectivity index (χ3v) is 8.80. The summed E-state index contributed by atoms with van der Waals surface area (Å²) in [6.07, 6.45) is 5.87. The van der Waals surface area contributed by atoms with Gasteiger partial charge in [-0.25, -0.2) is 0 Å². The highest BCUT2D eigenvalue weighted by Crippen LogP contribution is 2.47. The molecule has 4 heterocycles. The second kappa shape index (κ2) is 10.0. The molecule has 4 atom stereocenters. The molecule has 0 bridgehead atoms. The van der Waals surface area contributed by atoms with E-state index in [4.69, 9.17) is 9.47 Å². The zero-order valence-electron chi connectivity index (χ0n) is 21.1. The van der Waals surface area contributed by atoms with Gasteiger partial charge in [-0.05, 0) is 79.0 Å². The van der Waals surface area contributed by atoms with Crippen LogP contribution in [-0.4, -0.2) is 43.7 Å². The number of fused-ring (bicyclic) bond motifs is 6. The Labute approximate surface area is 215 Å². The highest BCUT2D eigenvalue weighted by Gasteiger charge is 2.40. The molecule has 1 aromatic heterocycles. The van der Waals surface area contributed by atoms with Gasteiger partial charge in [-0.2, -0.15) is 0 Å². The van der Waals surface area contributed by atoms with Gasteiger partial charge < -0.3 is 19.8 Å². The summed E-state index contributed by atoms with van der Waals surface area (Å²) in [6, 6.07) is 14.1. The number of benzene rings is 2. The summed E-state index contributed by atoms with van der Waals surface area (Å²) in [5.41, 5.74) is 7.14. The highest BCUT2D eigenvalue weighted by molar-refractivity contribution is 5.85. The van der Waals surface area contributed by atoms with Gasteiger partial charge in [0.05, 0.1) is 20.3 Å². The van der Waals surface area contributed by atoms with Crippen LogP contribution in [0.15, 0.2) is 36.4 Å². The van der Waals surface area contributed by atoms with Crippen LogP contribution in [-0.2, 0) is 12.8 Å². The molecule has 2 unspecified atom stereocenters. The SMILES string of the molecule is CCC1CN2CCc3c([nH]c4ccccc34)[C@@H]2C[C@@H]1CC1NCCc2cc(OC)c(OC)cc21.Cl. The minimum absolute atomic E-state index is 0. The van der Waals surface area contributed by atoms with Crippen molar-refractivity contribution >= 4 is 23.3 Å². The Hall–Kier alpha value is -2.21. The van der Waals surface area contributed by atoms with Gasteiger partial charge >= 0.3 is 0 Å². The third-order valence-electron chi connectivity index (χ3n) is 8.80. The summed E-state index contributed by atoms with van der Waals surface area (Å²) >= 11 is 0. The number of para-hydroxylation sites is 1. The Balaban J connectivity index is 0.00000253. The second-order valence-corrected chi connectivity index (χ2v) is 10.4. The standard InChI is InChI=1S/C29H37N3O2.ClH/c1-4-18-17-32-12-10-22-21-7-5-6-8-24(21)31-29(22)26(32)14-20(18)13-25-23-16-28(34-3)27(33-2)15-19(23)9-11-30-25;/h5-8,15-16,18,20,25-26,30-31H,4,9-14,17H2,1-3H3;1H/t18?,20-,25?,26-;/m0./s1. The van der Waals surface area contributed by atoms with E-state index in [9.17, 15) is 0 Å². The summed E-state index contributed by atoms with van der Waals surface area (Å²) in [4.78, 5) is 6.59. The second-order valence-electron chi connectivity index (χ2n) is 10.4. The molecular weight excluding hydrogens is 458 g/mol. The fourth-order valence-electron chi connectivity index (χ4n) is 7.02. The van der Waals surface area contributed by atoms with Gasteiger partial charge in [0, 0.05) is 35.7 Å². The lowest BCUT2D eigenvalue weighted by Crippen LogP contribution is -2.46. The first-order chi connectivity index (χ1) is 16.7. The van der Waals surface area contributed by atoms with E-state index >= 15 is 0 Å². The molecule has 0 radical (unpaired) electrons. The smallest absolute Gasteiger partial charge is 0.161 e. The molecule has 2 N–H and O–H groups in total. The number of halogens is 1. The van der Waals surface area contributed by atoms with Gasteiger partial charge in [0.1, 0.15) is 0 Å². The van der Waals surface area contributed by atoms with Crippen molar-refractivity contribution in [2.75, 3.05) is 33.9 Å². The van der Waals surface area contributed by atoms with Gasteiger partial charge in [0.2, 0.25) is 0 Å². The molecule has 188 valence electrons. The van der Waals surface area contributed by atoms with Gasteiger partial charge in [0.25, 0.3) is 0 Å². The Morgan fingerprint density at radius 2 is 1.83 bits per heavy atom. The van der Waals surface area contributed by atoms with Crippen LogP contribution in [0, 0.1) is 11.8 Å². The number of hydrogen-bond donors (Lipinski definition) is 2. The van der Waals surface area contributed by atoms with Crippen molar-refractivity contribution < 1.29 is 9.47 Å². The first-order valence-electron chi connectivity index (χ1n) is 13.0. The maximum absolute atomic E-state index is 5.66. The maximum Gasteiger partial charge on any atom is 0.161 e. The van der Waals surface area contributed by atoms with E-state index in [0.717, 1.165) is 36.8 Å². The van der Waals surface area contributed by atoms with Gasteiger partial charge in [-0.1, -0.05) is 31.5 Å². The molecule has 6 heteroatoms. The number of nitrogens with zero attached hydrogens (tertiary/aromatic N) is 1. The Kier molecular flexibility index (Phi) is 7.02. The Bertz CT molecular complexity index is 1190. The molecule has 1 saturated heterocycles. The molecule has 0 spiro atoms. The first kappa shape index (κ1) is 24.5. The molecule has 5 nitrogen and oxygen atoms in total. The van der Waals surface area contributed by atoms with E-state index in [1.165, 1.54) is 60.1 Å². The molecular formula is C29H38ClN3O2. The van der Waals surface area contributed by atoms with Crippen molar-refractivity contribution in [3.8, 4) is 11.5 Å². The molecule has 3 aliphatic heterocycles. The lowest BCUT2D eigenvalue weighted by molar-refractivity contribution is 0.0421. The van der Waals surface area contributed by atoms with Gasteiger partial charge in [0.15, 0.2) is 11.5 Å². The molecule has 6 rings (SSSR count). The van der Waals surface area contributed by atoms with E-state index in [2.05, 4.69) is 58.5 Å². The fourth-order valence-corrected chi connectivity index (χ4v) is 7.02. The number of ether oxygens (including phenoxy) is 2. The maximum atomic E-state index is 5.66. The molecule has 0 aliphatic carbocycles. The average molecular weight is 496 g/mol. The molecule has 0 amide bonds. The number of aromatic amines is 1. The summed E-state index contributed by atoms with van der Waals surface area (Å²) in [7, 11) is 3.46. The fraction of sp³-hybridized carbons (Fsp3) is 0.517. The average Bonchev–Trinajstić information content (AvgIpc) is 3.27. The van der Waals surface area contributed by atoms with Crippen LogP contribution in [0.3, 0.4) is 0 Å². The van der Waals surface area contributed by atoms with Crippen molar-refractivity contribution in [3.05, 3.63) is 58.8 Å². The van der Waals surface area contributed by atoms with Crippen LogP contribution in [0.1, 0.15) is 60.7 Å². The number of hydrogen-bond acceptors (Lipinski definition) is 4. The predicted octanol–water partition coefficient (Wildman–Crippen LogP) is 5.83. The van der Waals surface area contributed by atoms with Crippen molar-refractivity contribution in [1.82, 2.24) is 15.2 Å². The van der Waals surface area contributed by atoms with Gasteiger partial charge in [-0.15, -0.1) is 12.4 Å². The Morgan fingerprint density at radius 3 is 2.63 bits per heavy atom. The molecule has 35 heavy (non-hydrogen) atoms. The number of methoxy groups -OCH3 is 2. The highest BCUT2D eigenvalue weighted by atomic mass is 35.5. The summed E-state index contributed by atoms with van der Waals surface area (Å²) in [6.45, 7) is 5.81. The van der Waals surface area contributed by atoms with Crippen LogP contribution in [0.5, 0.6) is 11.5 Å². The molecule has 2 aromatic carbocycles. The molecule has 3 aliphatic rings. The lowest BCUT2D eigenvalue weighted by Gasteiger charge is -2.47. The minimum Gasteiger partial charge on any atom is -0.493 e. The number of H-pyrrole nitrogens is 1. The summed E-state index contributed by atoms with van der Waals surface area (Å²) in [5.74, 6) is 3.12. The van der Waals surface area contributed by atoms with Crippen LogP contribution >= 0.6 is 12.4 Å². The van der Waals surface area contributed by atoms with Crippen molar-refractivity contribution in [2.24, 2.45) is 11.8 Å². The minimum atomic E-state index is 0. The largest absolute Gasteiger partial charge is 0.493 e. The molecule has 3 aromatic rings. The topological polar surface area (TPSA) is 49.5 Å². The number of aromatic nitrogens is 1. The quantitative estimate of drug-likeness (QED) is 0.467. The van der Waals surface area contributed by atoms with Crippen molar-refractivity contribution in [1.29, 1.82) is 0 Å². The normalized spacial score (nSPS) is 25.8. The first-order valence-corrected chi connectivity index (χ1v) is 13.0. The van der Waals surface area contributed by atoms with Crippen molar-refractivity contribution in [2.45, 2.75) is 51.1 Å². The summed E-state index contributed by atoms with van der Waals surface area (Å²) < 4.78 is 11.2. The lowest BCUT2D eigenvalue weighted by atomic mass is 9.73.